The molecule has 1 aromatic rings. The fourth-order valence-electron chi connectivity index (χ4n) is 0.577. The molecule has 0 aliphatic heterocycles. The highest BCUT2D eigenvalue weighted by atomic mass is 16.3. The zero-order valence-corrected chi connectivity index (χ0v) is 5.53. The molecule has 0 amide bonds. The van der Waals surface area contributed by atoms with Crippen LogP contribution in [-0.2, 0) is 0 Å². The van der Waals surface area contributed by atoms with Crippen molar-refractivity contribution in [3.05, 3.63) is 24.2 Å². The van der Waals surface area contributed by atoms with E-state index in [2.05, 4.69) is 4.99 Å². The maximum absolute atomic E-state index is 8.35. The van der Waals surface area contributed by atoms with Gasteiger partial charge in [-0.1, -0.05) is 0 Å². The van der Waals surface area contributed by atoms with Crippen molar-refractivity contribution in [2.24, 2.45) is 4.99 Å². The van der Waals surface area contributed by atoms with Gasteiger partial charge in [-0.25, -0.2) is 0 Å². The van der Waals surface area contributed by atoms with Crippen LogP contribution in [0.25, 0.3) is 0 Å². The van der Waals surface area contributed by atoms with E-state index in [4.69, 9.17) is 9.52 Å². The van der Waals surface area contributed by atoms with Crippen LogP contribution in [0.1, 0.15) is 5.76 Å². The molecule has 0 bridgehead atoms. The minimum atomic E-state index is 0.0806. The fraction of sp³-hybridized carbons (Fsp3) is 0.286. The van der Waals surface area contributed by atoms with Crippen LogP contribution in [0, 0.1) is 0 Å². The molecule has 1 heterocycles. The molecule has 0 aromatic carbocycles. The summed E-state index contributed by atoms with van der Waals surface area (Å²) in [4.78, 5) is 3.86. The lowest BCUT2D eigenvalue weighted by atomic mass is 10.5. The summed E-state index contributed by atoms with van der Waals surface area (Å²) in [6.45, 7) is 0.512. The van der Waals surface area contributed by atoms with Crippen molar-refractivity contribution in [1.29, 1.82) is 0 Å². The number of hydrogen-bond acceptors (Lipinski definition) is 3. The van der Waals surface area contributed by atoms with Crippen molar-refractivity contribution >= 4 is 6.21 Å². The molecule has 0 saturated heterocycles. The van der Waals surface area contributed by atoms with Crippen molar-refractivity contribution in [1.82, 2.24) is 0 Å². The van der Waals surface area contributed by atoms with Crippen LogP contribution >= 0.6 is 0 Å². The second kappa shape index (κ2) is 3.85. The zero-order valence-electron chi connectivity index (χ0n) is 5.53. The minimum absolute atomic E-state index is 0.0806. The van der Waals surface area contributed by atoms with Gasteiger partial charge in [-0.15, -0.1) is 0 Å². The van der Waals surface area contributed by atoms with E-state index >= 15 is 0 Å². The summed E-state index contributed by atoms with van der Waals surface area (Å²) in [6.07, 6.45) is 3.18. The predicted octanol–water partition coefficient (Wildman–Crippen LogP) is 0.691. The molecule has 0 spiro atoms. The Kier molecular flexibility index (Phi) is 2.70. The van der Waals surface area contributed by atoms with Gasteiger partial charge in [0, 0.05) is 0 Å². The lowest BCUT2D eigenvalue weighted by Gasteiger charge is -1.83. The van der Waals surface area contributed by atoms with Gasteiger partial charge in [0.15, 0.2) is 0 Å². The molecular formula is C7H9NO2. The summed E-state index contributed by atoms with van der Waals surface area (Å²) in [7, 11) is 0. The second-order valence-electron chi connectivity index (χ2n) is 1.77. The number of nitrogens with zero attached hydrogens (tertiary/aromatic N) is 1. The fourth-order valence-corrected chi connectivity index (χ4v) is 0.577. The lowest BCUT2D eigenvalue weighted by molar-refractivity contribution is 0.307. The molecule has 3 nitrogen and oxygen atoms in total. The first kappa shape index (κ1) is 7.02. The van der Waals surface area contributed by atoms with Gasteiger partial charge in [0.05, 0.1) is 25.6 Å². The zero-order chi connectivity index (χ0) is 7.23. The summed E-state index contributed by atoms with van der Waals surface area (Å²) in [5, 5.41) is 8.35. The third-order valence-corrected chi connectivity index (χ3v) is 0.991. The summed E-state index contributed by atoms with van der Waals surface area (Å²) in [6, 6.07) is 3.60. The van der Waals surface area contributed by atoms with E-state index in [-0.39, 0.29) is 6.61 Å². The van der Waals surface area contributed by atoms with E-state index in [9.17, 15) is 0 Å². The number of aliphatic hydroxyl groups is 1. The van der Waals surface area contributed by atoms with Gasteiger partial charge in [-0.05, 0) is 12.1 Å². The SMILES string of the molecule is OCCN=Cc1ccco1. The van der Waals surface area contributed by atoms with Gasteiger partial charge in [0.2, 0.25) is 0 Å². The Hall–Kier alpha value is -1.09. The van der Waals surface area contributed by atoms with Gasteiger partial charge < -0.3 is 9.52 Å². The van der Waals surface area contributed by atoms with Gasteiger partial charge >= 0.3 is 0 Å². The second-order valence-corrected chi connectivity index (χ2v) is 1.77. The Morgan fingerprint density at radius 3 is 3.20 bits per heavy atom. The largest absolute Gasteiger partial charge is 0.463 e. The Bertz CT molecular complexity index is 191. The van der Waals surface area contributed by atoms with Crippen LogP contribution in [0.15, 0.2) is 27.8 Å². The van der Waals surface area contributed by atoms with Crippen LogP contribution < -0.4 is 0 Å². The molecule has 1 rings (SSSR count). The van der Waals surface area contributed by atoms with Crippen molar-refractivity contribution < 1.29 is 9.52 Å². The van der Waals surface area contributed by atoms with E-state index in [0.717, 1.165) is 0 Å². The van der Waals surface area contributed by atoms with Crippen molar-refractivity contribution in [2.75, 3.05) is 13.2 Å². The molecule has 0 atom stereocenters. The molecule has 1 N–H and O–H groups in total. The first-order valence-corrected chi connectivity index (χ1v) is 3.07. The lowest BCUT2D eigenvalue weighted by Crippen LogP contribution is -1.87. The summed E-state index contributed by atoms with van der Waals surface area (Å²) in [5.41, 5.74) is 0. The van der Waals surface area contributed by atoms with E-state index < -0.39 is 0 Å². The Labute approximate surface area is 59.0 Å². The molecule has 0 aliphatic rings. The maximum Gasteiger partial charge on any atom is 0.144 e. The Morgan fingerprint density at radius 1 is 1.70 bits per heavy atom. The number of rotatable bonds is 3. The van der Waals surface area contributed by atoms with Crippen LogP contribution in [0.2, 0.25) is 0 Å². The Morgan fingerprint density at radius 2 is 2.60 bits per heavy atom. The molecule has 1 aromatic heterocycles. The summed E-state index contributed by atoms with van der Waals surface area (Å²) < 4.78 is 4.95. The van der Waals surface area contributed by atoms with E-state index in [1.54, 1.807) is 24.6 Å². The van der Waals surface area contributed by atoms with Crippen LogP contribution in [-0.4, -0.2) is 24.5 Å². The number of aliphatic imine (C=N–C) groups is 1. The van der Waals surface area contributed by atoms with Gasteiger partial charge in [-0.2, -0.15) is 0 Å². The topological polar surface area (TPSA) is 45.7 Å². The first-order valence-electron chi connectivity index (χ1n) is 3.07. The number of hydrogen-bond donors (Lipinski definition) is 1. The van der Waals surface area contributed by atoms with Gasteiger partial charge in [-0.3, -0.25) is 4.99 Å². The van der Waals surface area contributed by atoms with E-state index in [1.165, 1.54) is 0 Å². The minimum Gasteiger partial charge on any atom is -0.463 e. The summed E-state index contributed by atoms with van der Waals surface area (Å²) in [5.74, 6) is 0.716. The number of aliphatic hydroxyl groups excluding tert-OH is 1. The van der Waals surface area contributed by atoms with Crippen molar-refractivity contribution in [3.8, 4) is 0 Å². The molecule has 3 heteroatoms. The van der Waals surface area contributed by atoms with Crippen LogP contribution in [0.5, 0.6) is 0 Å². The third kappa shape index (κ3) is 2.03. The van der Waals surface area contributed by atoms with Crippen LogP contribution in [0.4, 0.5) is 0 Å². The van der Waals surface area contributed by atoms with E-state index in [1.807, 2.05) is 0 Å². The average molecular weight is 139 g/mol. The average Bonchev–Trinajstić information content (AvgIpc) is 2.41. The monoisotopic (exact) mass is 139 g/mol. The van der Waals surface area contributed by atoms with E-state index in [0.29, 0.717) is 12.3 Å². The highest BCUT2D eigenvalue weighted by molar-refractivity contribution is 5.75. The number of furan rings is 1. The normalized spacial score (nSPS) is 10.9. The summed E-state index contributed by atoms with van der Waals surface area (Å²) >= 11 is 0. The molecule has 0 radical (unpaired) electrons. The molecule has 0 unspecified atom stereocenters. The van der Waals surface area contributed by atoms with Crippen molar-refractivity contribution in [2.45, 2.75) is 0 Å². The predicted molar refractivity (Wildman–Crippen MR) is 38.3 cm³/mol. The maximum atomic E-state index is 8.35. The quantitative estimate of drug-likeness (QED) is 0.626. The molecule has 54 valence electrons. The highest BCUT2D eigenvalue weighted by Gasteiger charge is 1.85. The Balaban J connectivity index is 2.40. The van der Waals surface area contributed by atoms with Gasteiger partial charge in [0.25, 0.3) is 0 Å². The highest BCUT2D eigenvalue weighted by Crippen LogP contribution is 1.94. The smallest absolute Gasteiger partial charge is 0.144 e. The standard InChI is InChI=1S/C7H9NO2/c9-4-3-8-6-7-2-1-5-10-7/h1-2,5-6,9H,3-4H2. The van der Waals surface area contributed by atoms with Gasteiger partial charge in [0.1, 0.15) is 5.76 Å². The molecular weight excluding hydrogens is 130 g/mol. The molecule has 0 aliphatic carbocycles. The van der Waals surface area contributed by atoms with Crippen LogP contribution in [0.3, 0.4) is 0 Å². The molecule has 10 heavy (non-hydrogen) atoms. The molecule has 0 saturated carbocycles. The van der Waals surface area contributed by atoms with Crippen molar-refractivity contribution in [3.63, 3.8) is 0 Å². The first-order chi connectivity index (χ1) is 4.93. The third-order valence-electron chi connectivity index (χ3n) is 0.991. The molecule has 0 fully saturated rings.